The first-order valence-corrected chi connectivity index (χ1v) is 18.7. The standard InChI is InChI=1S/C38H72O4/c1-3-5-7-9-11-13-14-15-16-17-18-19-20-21-23-25-31-35-38(41)42-36(33-29-26-27-30-34-37(39)40)32-28-24-22-12-10-8-6-4-2/h15-16,36H,3-14,17-35H2,1-2H3,(H,39,40)/b16-15-. The van der Waals surface area contributed by atoms with Crippen molar-refractivity contribution in [3.63, 3.8) is 0 Å². The molecule has 0 rings (SSSR count). The number of ether oxygens (including phenoxy) is 1. The van der Waals surface area contributed by atoms with E-state index < -0.39 is 5.97 Å². The van der Waals surface area contributed by atoms with Crippen molar-refractivity contribution in [1.29, 1.82) is 0 Å². The number of aliphatic carboxylic acids is 1. The molecule has 0 saturated heterocycles. The van der Waals surface area contributed by atoms with Gasteiger partial charge < -0.3 is 9.84 Å². The topological polar surface area (TPSA) is 63.6 Å². The lowest BCUT2D eigenvalue weighted by atomic mass is 10.0. The van der Waals surface area contributed by atoms with E-state index in [1.165, 1.54) is 128 Å². The van der Waals surface area contributed by atoms with Crippen LogP contribution in [0.1, 0.15) is 213 Å². The lowest BCUT2D eigenvalue weighted by Gasteiger charge is -2.18. The van der Waals surface area contributed by atoms with Gasteiger partial charge in [-0.15, -0.1) is 0 Å². The average molecular weight is 593 g/mol. The van der Waals surface area contributed by atoms with Crippen LogP contribution in [-0.4, -0.2) is 23.1 Å². The number of carboxylic acid groups (broad SMARTS) is 1. The summed E-state index contributed by atoms with van der Waals surface area (Å²) in [5, 5.41) is 8.81. The predicted molar refractivity (Wildman–Crippen MR) is 181 cm³/mol. The van der Waals surface area contributed by atoms with Gasteiger partial charge in [0.25, 0.3) is 0 Å². The van der Waals surface area contributed by atoms with Gasteiger partial charge in [0.05, 0.1) is 0 Å². The van der Waals surface area contributed by atoms with E-state index in [4.69, 9.17) is 9.84 Å². The van der Waals surface area contributed by atoms with Crippen LogP contribution in [0.5, 0.6) is 0 Å². The molecule has 0 aliphatic rings. The van der Waals surface area contributed by atoms with Crippen molar-refractivity contribution < 1.29 is 19.4 Å². The number of carbonyl (C=O) groups is 2. The van der Waals surface area contributed by atoms with Gasteiger partial charge in [-0.25, -0.2) is 0 Å². The zero-order valence-corrected chi connectivity index (χ0v) is 28.3. The highest BCUT2D eigenvalue weighted by atomic mass is 16.5. The maximum absolute atomic E-state index is 12.6. The number of unbranched alkanes of at least 4 members (excludes halogenated alkanes) is 23. The minimum atomic E-state index is -0.710. The normalized spacial score (nSPS) is 12.2. The molecule has 0 amide bonds. The van der Waals surface area contributed by atoms with E-state index >= 15 is 0 Å². The molecule has 4 heteroatoms. The van der Waals surface area contributed by atoms with Crippen LogP contribution in [0.25, 0.3) is 0 Å². The number of allylic oxidation sites excluding steroid dienone is 2. The summed E-state index contributed by atoms with van der Waals surface area (Å²) >= 11 is 0. The number of carbonyl (C=O) groups excluding carboxylic acids is 1. The molecule has 0 aromatic carbocycles. The Labute approximate surface area is 262 Å². The number of hydrogen-bond donors (Lipinski definition) is 1. The number of carboxylic acids is 1. The summed E-state index contributed by atoms with van der Waals surface area (Å²) in [6.45, 7) is 4.53. The Morgan fingerprint density at radius 2 is 0.857 bits per heavy atom. The molecule has 0 aromatic heterocycles. The first-order valence-electron chi connectivity index (χ1n) is 18.7. The van der Waals surface area contributed by atoms with Crippen molar-refractivity contribution >= 4 is 11.9 Å². The summed E-state index contributed by atoms with van der Waals surface area (Å²) in [5.74, 6) is -0.725. The third-order valence-electron chi connectivity index (χ3n) is 8.49. The smallest absolute Gasteiger partial charge is 0.306 e. The fraction of sp³-hybridized carbons (Fsp3) is 0.895. The maximum atomic E-state index is 12.6. The fourth-order valence-corrected chi connectivity index (χ4v) is 5.71. The van der Waals surface area contributed by atoms with E-state index in [0.29, 0.717) is 6.42 Å². The SMILES string of the molecule is CCCCCCCC/C=C\CCCCCCCCCC(=O)OC(CCCCCCCCCC)CCCCCCC(=O)O. The van der Waals surface area contributed by atoms with Gasteiger partial charge in [-0.2, -0.15) is 0 Å². The molecular weight excluding hydrogens is 520 g/mol. The molecule has 248 valence electrons. The minimum Gasteiger partial charge on any atom is -0.481 e. The number of esters is 1. The zero-order valence-electron chi connectivity index (χ0n) is 28.3. The first-order chi connectivity index (χ1) is 20.6. The monoisotopic (exact) mass is 593 g/mol. The molecule has 0 aromatic rings. The zero-order chi connectivity index (χ0) is 30.8. The summed E-state index contributed by atoms with van der Waals surface area (Å²) < 4.78 is 5.94. The highest BCUT2D eigenvalue weighted by molar-refractivity contribution is 5.69. The van der Waals surface area contributed by atoms with Crippen LogP contribution in [0.4, 0.5) is 0 Å². The van der Waals surface area contributed by atoms with Crippen molar-refractivity contribution in [3.8, 4) is 0 Å². The van der Waals surface area contributed by atoms with Crippen LogP contribution < -0.4 is 0 Å². The van der Waals surface area contributed by atoms with Crippen LogP contribution in [0.2, 0.25) is 0 Å². The van der Waals surface area contributed by atoms with Gasteiger partial charge in [-0.05, 0) is 64.2 Å². The van der Waals surface area contributed by atoms with Gasteiger partial charge in [-0.1, -0.05) is 148 Å². The van der Waals surface area contributed by atoms with Gasteiger partial charge in [-0.3, -0.25) is 9.59 Å². The minimum absolute atomic E-state index is 0.0156. The van der Waals surface area contributed by atoms with Crippen LogP contribution in [0.3, 0.4) is 0 Å². The van der Waals surface area contributed by atoms with Gasteiger partial charge in [0.2, 0.25) is 0 Å². The molecule has 1 unspecified atom stereocenters. The Morgan fingerprint density at radius 3 is 1.29 bits per heavy atom. The van der Waals surface area contributed by atoms with Crippen LogP contribution in [0, 0.1) is 0 Å². The summed E-state index contributed by atoms with van der Waals surface area (Å²) in [6.07, 6.45) is 40.8. The average Bonchev–Trinajstić information content (AvgIpc) is 2.97. The molecule has 0 bridgehead atoms. The lowest BCUT2D eigenvalue weighted by molar-refractivity contribution is -0.150. The van der Waals surface area contributed by atoms with Crippen LogP contribution in [-0.2, 0) is 14.3 Å². The van der Waals surface area contributed by atoms with Gasteiger partial charge >= 0.3 is 11.9 Å². The van der Waals surface area contributed by atoms with E-state index in [0.717, 1.165) is 57.8 Å². The Kier molecular flexibility index (Phi) is 33.1. The number of rotatable bonds is 34. The molecule has 0 aliphatic heterocycles. The highest BCUT2D eigenvalue weighted by Crippen LogP contribution is 2.18. The largest absolute Gasteiger partial charge is 0.481 e. The molecule has 42 heavy (non-hydrogen) atoms. The lowest BCUT2D eigenvalue weighted by Crippen LogP contribution is -2.18. The quantitative estimate of drug-likeness (QED) is 0.0458. The van der Waals surface area contributed by atoms with Gasteiger partial charge in [0, 0.05) is 12.8 Å². The summed E-state index contributed by atoms with van der Waals surface area (Å²) in [4.78, 5) is 23.3. The van der Waals surface area contributed by atoms with E-state index in [-0.39, 0.29) is 18.5 Å². The van der Waals surface area contributed by atoms with Crippen molar-refractivity contribution in [3.05, 3.63) is 12.2 Å². The Bertz CT molecular complexity index is 600. The molecule has 4 nitrogen and oxygen atoms in total. The molecule has 0 saturated carbocycles. The fourth-order valence-electron chi connectivity index (χ4n) is 5.71. The second-order valence-electron chi connectivity index (χ2n) is 12.8. The van der Waals surface area contributed by atoms with E-state index in [9.17, 15) is 9.59 Å². The molecule has 0 fully saturated rings. The maximum Gasteiger partial charge on any atom is 0.306 e. The first kappa shape index (κ1) is 40.7. The molecule has 0 spiro atoms. The highest BCUT2D eigenvalue weighted by Gasteiger charge is 2.14. The van der Waals surface area contributed by atoms with Crippen molar-refractivity contribution in [2.75, 3.05) is 0 Å². The molecule has 0 radical (unpaired) electrons. The van der Waals surface area contributed by atoms with Crippen LogP contribution >= 0.6 is 0 Å². The molecule has 1 atom stereocenters. The Morgan fingerprint density at radius 1 is 0.500 bits per heavy atom. The summed E-state index contributed by atoms with van der Waals surface area (Å²) in [7, 11) is 0. The van der Waals surface area contributed by atoms with Crippen molar-refractivity contribution in [2.24, 2.45) is 0 Å². The van der Waals surface area contributed by atoms with Gasteiger partial charge in [0.1, 0.15) is 6.10 Å². The third-order valence-corrected chi connectivity index (χ3v) is 8.49. The Balaban J connectivity index is 3.89. The molecule has 1 N–H and O–H groups in total. The van der Waals surface area contributed by atoms with Crippen molar-refractivity contribution in [2.45, 2.75) is 219 Å². The molecule has 0 heterocycles. The second kappa shape index (κ2) is 34.2. The van der Waals surface area contributed by atoms with E-state index in [1.54, 1.807) is 0 Å². The van der Waals surface area contributed by atoms with Gasteiger partial charge in [0.15, 0.2) is 0 Å². The third kappa shape index (κ3) is 33.2. The number of hydrogen-bond acceptors (Lipinski definition) is 3. The summed E-state index contributed by atoms with van der Waals surface area (Å²) in [6, 6.07) is 0. The summed E-state index contributed by atoms with van der Waals surface area (Å²) in [5.41, 5.74) is 0. The van der Waals surface area contributed by atoms with Crippen LogP contribution in [0.15, 0.2) is 12.2 Å². The Hall–Kier alpha value is -1.32. The van der Waals surface area contributed by atoms with E-state index in [2.05, 4.69) is 26.0 Å². The molecule has 0 aliphatic carbocycles. The predicted octanol–water partition coefficient (Wildman–Crippen LogP) is 12.7. The van der Waals surface area contributed by atoms with Crippen molar-refractivity contribution in [1.82, 2.24) is 0 Å². The molecular formula is C38H72O4. The second-order valence-corrected chi connectivity index (χ2v) is 12.8. The van der Waals surface area contributed by atoms with E-state index in [1.807, 2.05) is 0 Å².